The predicted octanol–water partition coefficient (Wildman–Crippen LogP) is 4.61. The van der Waals surface area contributed by atoms with Gasteiger partial charge < -0.3 is 10.1 Å². The zero-order valence-electron chi connectivity index (χ0n) is 13.9. The van der Waals surface area contributed by atoms with Crippen LogP contribution in [0.5, 0.6) is 5.75 Å². The molecule has 4 rings (SSSR count). The van der Waals surface area contributed by atoms with E-state index in [1.807, 2.05) is 53.9 Å². The van der Waals surface area contributed by atoms with Crippen LogP contribution >= 0.6 is 22.7 Å². The molecule has 0 bridgehead atoms. The lowest BCUT2D eigenvalue weighted by molar-refractivity contribution is -0.115. The molecular formula is C19H15N3O2S2. The number of nitrogens with one attached hydrogen (secondary N) is 1. The first-order chi connectivity index (χ1) is 12.7. The summed E-state index contributed by atoms with van der Waals surface area (Å²) in [6.07, 6.45) is 0.225. The first-order valence-corrected chi connectivity index (χ1v) is 9.65. The van der Waals surface area contributed by atoms with Crippen LogP contribution < -0.4 is 10.1 Å². The molecule has 26 heavy (non-hydrogen) atoms. The minimum absolute atomic E-state index is 0.124. The van der Waals surface area contributed by atoms with Crippen LogP contribution in [-0.2, 0) is 11.2 Å². The molecule has 0 fully saturated rings. The van der Waals surface area contributed by atoms with Gasteiger partial charge in [0.05, 0.1) is 29.4 Å². The van der Waals surface area contributed by atoms with Crippen LogP contribution in [0.2, 0.25) is 0 Å². The number of methoxy groups -OCH3 is 1. The summed E-state index contributed by atoms with van der Waals surface area (Å²) >= 11 is 2.97. The fourth-order valence-electron chi connectivity index (χ4n) is 2.51. The Labute approximate surface area is 158 Å². The number of amides is 1. The minimum Gasteiger partial charge on any atom is -0.497 e. The van der Waals surface area contributed by atoms with E-state index in [-0.39, 0.29) is 12.3 Å². The topological polar surface area (TPSA) is 64.1 Å². The summed E-state index contributed by atoms with van der Waals surface area (Å²) in [5.41, 5.74) is 2.66. The molecule has 1 N–H and O–H groups in total. The van der Waals surface area contributed by atoms with Crippen LogP contribution in [0.1, 0.15) is 5.69 Å². The lowest BCUT2D eigenvalue weighted by Gasteiger charge is -1.99. The Balaban J connectivity index is 1.45. The van der Waals surface area contributed by atoms with Crippen molar-refractivity contribution < 1.29 is 9.53 Å². The predicted molar refractivity (Wildman–Crippen MR) is 106 cm³/mol. The van der Waals surface area contributed by atoms with Crippen molar-refractivity contribution in [3.8, 4) is 16.3 Å². The maximum absolute atomic E-state index is 12.3. The second-order valence-electron chi connectivity index (χ2n) is 5.59. The summed E-state index contributed by atoms with van der Waals surface area (Å²) in [5, 5.41) is 6.28. The molecule has 0 spiro atoms. The average molecular weight is 381 g/mol. The van der Waals surface area contributed by atoms with Crippen molar-refractivity contribution in [1.29, 1.82) is 0 Å². The first kappa shape index (κ1) is 16.7. The highest BCUT2D eigenvalue weighted by atomic mass is 32.1. The summed E-state index contributed by atoms with van der Waals surface area (Å²) in [6.45, 7) is 0. The molecule has 0 aliphatic rings. The molecule has 0 radical (unpaired) electrons. The average Bonchev–Trinajstić information content (AvgIpc) is 3.28. The van der Waals surface area contributed by atoms with Gasteiger partial charge in [0.1, 0.15) is 10.8 Å². The summed E-state index contributed by atoms with van der Waals surface area (Å²) in [6, 6.07) is 15.6. The van der Waals surface area contributed by atoms with Crippen LogP contribution in [0, 0.1) is 0 Å². The van der Waals surface area contributed by atoms with Gasteiger partial charge in [-0.25, -0.2) is 9.97 Å². The maximum atomic E-state index is 12.3. The van der Waals surface area contributed by atoms with E-state index < -0.39 is 0 Å². The van der Waals surface area contributed by atoms with E-state index in [9.17, 15) is 4.79 Å². The molecule has 5 nitrogen and oxygen atoms in total. The summed E-state index contributed by atoms with van der Waals surface area (Å²) in [7, 11) is 1.63. The van der Waals surface area contributed by atoms with Crippen LogP contribution in [0.3, 0.4) is 0 Å². The Hall–Kier alpha value is -2.77. The van der Waals surface area contributed by atoms with Crippen LogP contribution in [0.25, 0.3) is 20.8 Å². The second kappa shape index (κ2) is 7.23. The number of nitrogens with zero attached hydrogens (tertiary/aromatic N) is 2. The van der Waals surface area contributed by atoms with Gasteiger partial charge in [0.2, 0.25) is 5.91 Å². The Morgan fingerprint density at radius 1 is 1.15 bits per heavy atom. The van der Waals surface area contributed by atoms with Crippen molar-refractivity contribution in [2.45, 2.75) is 6.42 Å². The number of hydrogen-bond donors (Lipinski definition) is 1. The van der Waals surface area contributed by atoms with Crippen molar-refractivity contribution in [3.63, 3.8) is 0 Å². The fraction of sp³-hybridized carbons (Fsp3) is 0.105. The number of carbonyl (C=O) groups is 1. The highest BCUT2D eigenvalue weighted by Gasteiger charge is 2.12. The Kier molecular flexibility index (Phi) is 4.64. The molecule has 0 aliphatic carbocycles. The van der Waals surface area contributed by atoms with E-state index in [0.717, 1.165) is 32.2 Å². The van der Waals surface area contributed by atoms with E-state index in [0.29, 0.717) is 5.13 Å². The lowest BCUT2D eigenvalue weighted by Crippen LogP contribution is -2.14. The third kappa shape index (κ3) is 3.58. The summed E-state index contributed by atoms with van der Waals surface area (Å²) in [5.74, 6) is 0.649. The molecule has 130 valence electrons. The molecule has 7 heteroatoms. The number of carbonyl (C=O) groups excluding carboxylic acids is 1. The maximum Gasteiger partial charge on any atom is 0.232 e. The second-order valence-corrected chi connectivity index (χ2v) is 7.48. The van der Waals surface area contributed by atoms with Gasteiger partial charge >= 0.3 is 0 Å². The number of benzene rings is 2. The van der Waals surface area contributed by atoms with E-state index in [4.69, 9.17) is 4.74 Å². The van der Waals surface area contributed by atoms with Crippen molar-refractivity contribution in [3.05, 3.63) is 59.6 Å². The largest absolute Gasteiger partial charge is 0.497 e. The summed E-state index contributed by atoms with van der Waals surface area (Å²) < 4.78 is 6.19. The van der Waals surface area contributed by atoms with Crippen LogP contribution in [0.15, 0.2) is 53.9 Å². The number of aromatic nitrogens is 2. The zero-order valence-corrected chi connectivity index (χ0v) is 15.6. The van der Waals surface area contributed by atoms with Gasteiger partial charge in [-0.1, -0.05) is 41.7 Å². The molecular weight excluding hydrogens is 366 g/mol. The molecule has 1 amide bonds. The molecule has 2 heterocycles. The van der Waals surface area contributed by atoms with E-state index in [2.05, 4.69) is 15.3 Å². The smallest absolute Gasteiger partial charge is 0.232 e. The molecule has 0 saturated carbocycles. The highest BCUT2D eigenvalue weighted by Crippen LogP contribution is 2.29. The number of anilines is 1. The molecule has 0 unspecified atom stereocenters. The highest BCUT2D eigenvalue weighted by molar-refractivity contribution is 7.22. The van der Waals surface area contributed by atoms with Gasteiger partial charge in [0.25, 0.3) is 0 Å². The van der Waals surface area contributed by atoms with Gasteiger partial charge in [0.15, 0.2) is 5.13 Å². The van der Waals surface area contributed by atoms with Gasteiger partial charge in [-0.15, -0.1) is 11.3 Å². The standard InChI is InChI=1S/C19H15N3O2S2/c1-24-14-7-8-15-16(10-14)26-19(21-15)22-17(23)9-13-11-25-18(20-13)12-5-3-2-4-6-12/h2-8,10-11H,9H2,1H3,(H,21,22,23). The van der Waals surface area contributed by atoms with Crippen LogP contribution in [-0.4, -0.2) is 23.0 Å². The molecule has 4 aromatic rings. The monoisotopic (exact) mass is 381 g/mol. The zero-order chi connectivity index (χ0) is 17.9. The van der Waals surface area contributed by atoms with Crippen molar-refractivity contribution in [2.75, 3.05) is 12.4 Å². The molecule has 0 aliphatic heterocycles. The number of fused-ring (bicyclic) bond motifs is 1. The normalized spacial score (nSPS) is 10.8. The SMILES string of the molecule is COc1ccc2nc(NC(=O)Cc3csc(-c4ccccc4)n3)sc2c1. The lowest BCUT2D eigenvalue weighted by atomic mass is 10.2. The van der Waals surface area contributed by atoms with Gasteiger partial charge in [-0.05, 0) is 18.2 Å². The van der Waals surface area contributed by atoms with Gasteiger partial charge in [0, 0.05) is 10.9 Å². The number of hydrogen-bond acceptors (Lipinski definition) is 6. The Morgan fingerprint density at radius 3 is 2.81 bits per heavy atom. The molecule has 0 saturated heterocycles. The number of thiazole rings is 2. The number of ether oxygens (including phenoxy) is 1. The van der Waals surface area contributed by atoms with E-state index in [1.165, 1.54) is 11.3 Å². The fourth-order valence-corrected chi connectivity index (χ4v) is 4.25. The first-order valence-electron chi connectivity index (χ1n) is 7.95. The number of rotatable bonds is 5. The minimum atomic E-state index is -0.124. The third-order valence-corrected chi connectivity index (χ3v) is 5.63. The van der Waals surface area contributed by atoms with E-state index in [1.54, 1.807) is 18.4 Å². The molecule has 0 atom stereocenters. The quantitative estimate of drug-likeness (QED) is 0.548. The van der Waals surface area contributed by atoms with Crippen LogP contribution in [0.4, 0.5) is 5.13 Å². The van der Waals surface area contributed by atoms with Gasteiger partial charge in [-0.2, -0.15) is 0 Å². The van der Waals surface area contributed by atoms with Crippen molar-refractivity contribution in [2.24, 2.45) is 0 Å². The Bertz CT molecular complexity index is 1060. The molecule has 2 aromatic carbocycles. The van der Waals surface area contributed by atoms with E-state index >= 15 is 0 Å². The molecule has 2 aromatic heterocycles. The van der Waals surface area contributed by atoms with Crippen molar-refractivity contribution >= 4 is 43.9 Å². The third-order valence-electron chi connectivity index (χ3n) is 3.76. The summed E-state index contributed by atoms with van der Waals surface area (Å²) in [4.78, 5) is 21.3. The Morgan fingerprint density at radius 2 is 2.00 bits per heavy atom. The van der Waals surface area contributed by atoms with Gasteiger partial charge in [-0.3, -0.25) is 4.79 Å². The van der Waals surface area contributed by atoms with Crippen molar-refractivity contribution in [1.82, 2.24) is 9.97 Å².